The molecule has 2 heterocycles. The van der Waals surface area contributed by atoms with Crippen molar-refractivity contribution < 1.29 is 4.74 Å². The van der Waals surface area contributed by atoms with Crippen molar-refractivity contribution >= 4 is 0 Å². The maximum absolute atomic E-state index is 5.22. The molecule has 0 aliphatic carbocycles. The molecule has 3 nitrogen and oxygen atoms in total. The Kier molecular flexibility index (Phi) is 2.32. The summed E-state index contributed by atoms with van der Waals surface area (Å²) in [6.07, 6.45) is 6.04. The lowest BCUT2D eigenvalue weighted by Gasteiger charge is -2.30. The van der Waals surface area contributed by atoms with E-state index in [1.165, 1.54) is 5.70 Å². The Balaban J connectivity index is 1.97. The van der Waals surface area contributed by atoms with E-state index in [0.29, 0.717) is 0 Å². The molecule has 0 atom stereocenters. The summed E-state index contributed by atoms with van der Waals surface area (Å²) in [5.74, 6) is 0. The summed E-state index contributed by atoms with van der Waals surface area (Å²) in [5, 5.41) is 3.32. The zero-order valence-corrected chi connectivity index (χ0v) is 7.12. The minimum absolute atomic E-state index is 0.718. The molecule has 12 heavy (non-hydrogen) atoms. The monoisotopic (exact) mass is 166 g/mol. The van der Waals surface area contributed by atoms with Crippen molar-refractivity contribution in [3.8, 4) is 0 Å². The summed E-state index contributed by atoms with van der Waals surface area (Å²) in [6, 6.07) is 0. The van der Waals surface area contributed by atoms with E-state index in [9.17, 15) is 0 Å². The fourth-order valence-corrected chi connectivity index (χ4v) is 1.50. The van der Waals surface area contributed by atoms with E-state index in [-0.39, 0.29) is 0 Å². The average Bonchev–Trinajstić information content (AvgIpc) is 2.21. The summed E-state index contributed by atoms with van der Waals surface area (Å²) in [6.45, 7) is 5.03. The third-order valence-electron chi connectivity index (χ3n) is 2.17. The standard InChI is InChI=1S/C9H14N2O/c1-2-9(8-12-7-1)11-5-3-10-4-6-11/h1-2,8,10H,3-7H2. The molecule has 0 aromatic heterocycles. The Labute approximate surface area is 72.7 Å². The quantitative estimate of drug-likeness (QED) is 0.607. The van der Waals surface area contributed by atoms with Crippen LogP contribution < -0.4 is 5.32 Å². The van der Waals surface area contributed by atoms with Gasteiger partial charge in [-0.3, -0.25) is 0 Å². The molecule has 2 rings (SSSR count). The van der Waals surface area contributed by atoms with Crippen molar-refractivity contribution in [1.29, 1.82) is 0 Å². The van der Waals surface area contributed by atoms with Gasteiger partial charge in [0, 0.05) is 26.2 Å². The first-order valence-electron chi connectivity index (χ1n) is 4.41. The van der Waals surface area contributed by atoms with Crippen LogP contribution in [0.3, 0.4) is 0 Å². The third kappa shape index (κ3) is 1.61. The van der Waals surface area contributed by atoms with Gasteiger partial charge < -0.3 is 15.0 Å². The molecule has 0 amide bonds. The highest BCUT2D eigenvalue weighted by atomic mass is 16.5. The van der Waals surface area contributed by atoms with Crippen LogP contribution >= 0.6 is 0 Å². The lowest BCUT2D eigenvalue weighted by Crippen LogP contribution is -2.42. The minimum atomic E-state index is 0.718. The van der Waals surface area contributed by atoms with Gasteiger partial charge in [-0.15, -0.1) is 0 Å². The number of rotatable bonds is 1. The van der Waals surface area contributed by atoms with E-state index in [0.717, 1.165) is 32.8 Å². The van der Waals surface area contributed by atoms with Crippen LogP contribution in [-0.4, -0.2) is 37.7 Å². The van der Waals surface area contributed by atoms with E-state index in [1.54, 1.807) is 0 Å². The highest BCUT2D eigenvalue weighted by Gasteiger charge is 2.11. The van der Waals surface area contributed by atoms with Gasteiger partial charge in [-0.05, 0) is 12.2 Å². The molecule has 0 radical (unpaired) electrons. The lowest BCUT2D eigenvalue weighted by atomic mass is 10.3. The van der Waals surface area contributed by atoms with Crippen LogP contribution in [0, 0.1) is 0 Å². The molecule has 1 saturated heterocycles. The molecular weight excluding hydrogens is 152 g/mol. The molecule has 1 fully saturated rings. The highest BCUT2D eigenvalue weighted by molar-refractivity contribution is 5.18. The summed E-state index contributed by atoms with van der Waals surface area (Å²) in [7, 11) is 0. The number of ether oxygens (including phenoxy) is 1. The molecule has 1 N–H and O–H groups in total. The minimum Gasteiger partial charge on any atom is -0.495 e. The smallest absolute Gasteiger partial charge is 0.107 e. The van der Waals surface area contributed by atoms with Gasteiger partial charge in [-0.1, -0.05) is 0 Å². The zero-order valence-electron chi connectivity index (χ0n) is 7.12. The molecule has 0 saturated carbocycles. The van der Waals surface area contributed by atoms with Crippen molar-refractivity contribution in [2.24, 2.45) is 0 Å². The summed E-state index contributed by atoms with van der Waals surface area (Å²) in [5.41, 5.74) is 1.21. The third-order valence-corrected chi connectivity index (χ3v) is 2.17. The predicted octanol–water partition coefficient (Wildman–Crippen LogP) is 0.319. The number of hydrogen-bond acceptors (Lipinski definition) is 3. The number of piperazine rings is 1. The molecule has 2 aliphatic heterocycles. The molecule has 0 spiro atoms. The Morgan fingerprint density at radius 2 is 2.17 bits per heavy atom. The van der Waals surface area contributed by atoms with Gasteiger partial charge in [0.1, 0.15) is 12.9 Å². The van der Waals surface area contributed by atoms with Gasteiger partial charge >= 0.3 is 0 Å². The molecular formula is C9H14N2O. The zero-order chi connectivity index (χ0) is 8.23. The van der Waals surface area contributed by atoms with Crippen LogP contribution in [0.5, 0.6) is 0 Å². The second-order valence-corrected chi connectivity index (χ2v) is 3.02. The topological polar surface area (TPSA) is 24.5 Å². The Hall–Kier alpha value is -0.960. The molecule has 0 aromatic rings. The van der Waals surface area contributed by atoms with E-state index >= 15 is 0 Å². The van der Waals surface area contributed by atoms with Gasteiger partial charge in [0.15, 0.2) is 0 Å². The Bertz CT molecular complexity index is 205. The SMILES string of the molecule is C1=CC(N2CCNCC2)=COC1. The largest absolute Gasteiger partial charge is 0.495 e. The van der Waals surface area contributed by atoms with Gasteiger partial charge in [-0.2, -0.15) is 0 Å². The Morgan fingerprint density at radius 3 is 2.83 bits per heavy atom. The lowest BCUT2D eigenvalue weighted by molar-refractivity contribution is 0.245. The first-order valence-corrected chi connectivity index (χ1v) is 4.41. The van der Waals surface area contributed by atoms with Crippen LogP contribution in [0.1, 0.15) is 0 Å². The van der Waals surface area contributed by atoms with Crippen LogP contribution in [0.25, 0.3) is 0 Å². The first kappa shape index (κ1) is 7.68. The number of nitrogens with one attached hydrogen (secondary N) is 1. The molecule has 3 heteroatoms. The summed E-state index contributed by atoms with van der Waals surface area (Å²) >= 11 is 0. The van der Waals surface area contributed by atoms with Crippen molar-refractivity contribution in [3.63, 3.8) is 0 Å². The second-order valence-electron chi connectivity index (χ2n) is 3.02. The van der Waals surface area contributed by atoms with Crippen LogP contribution in [-0.2, 0) is 4.74 Å². The number of nitrogens with zero attached hydrogens (tertiary/aromatic N) is 1. The van der Waals surface area contributed by atoms with Crippen molar-refractivity contribution in [1.82, 2.24) is 10.2 Å². The molecule has 0 unspecified atom stereocenters. The predicted molar refractivity (Wildman–Crippen MR) is 47.6 cm³/mol. The molecule has 0 aromatic carbocycles. The summed E-state index contributed by atoms with van der Waals surface area (Å²) < 4.78 is 5.22. The van der Waals surface area contributed by atoms with Crippen molar-refractivity contribution in [3.05, 3.63) is 24.1 Å². The number of hydrogen-bond donors (Lipinski definition) is 1. The number of allylic oxidation sites excluding steroid dienone is 1. The second kappa shape index (κ2) is 3.63. The first-order chi connectivity index (χ1) is 5.97. The van der Waals surface area contributed by atoms with Gasteiger partial charge in [0.05, 0.1) is 5.70 Å². The van der Waals surface area contributed by atoms with Crippen LogP contribution in [0.4, 0.5) is 0 Å². The van der Waals surface area contributed by atoms with Crippen LogP contribution in [0.15, 0.2) is 24.1 Å². The van der Waals surface area contributed by atoms with E-state index in [1.807, 2.05) is 6.26 Å². The highest BCUT2D eigenvalue weighted by Crippen LogP contribution is 2.10. The van der Waals surface area contributed by atoms with Gasteiger partial charge in [-0.25, -0.2) is 0 Å². The average molecular weight is 166 g/mol. The summed E-state index contributed by atoms with van der Waals surface area (Å²) in [4.78, 5) is 2.34. The molecule has 66 valence electrons. The normalized spacial score (nSPS) is 23.3. The van der Waals surface area contributed by atoms with Gasteiger partial charge in [0.25, 0.3) is 0 Å². The Morgan fingerprint density at radius 1 is 1.33 bits per heavy atom. The van der Waals surface area contributed by atoms with E-state index in [2.05, 4.69) is 22.4 Å². The van der Waals surface area contributed by atoms with Crippen molar-refractivity contribution in [2.45, 2.75) is 0 Å². The molecule has 0 bridgehead atoms. The fraction of sp³-hybridized carbons (Fsp3) is 0.556. The van der Waals surface area contributed by atoms with Crippen molar-refractivity contribution in [2.75, 3.05) is 32.8 Å². The van der Waals surface area contributed by atoms with Gasteiger partial charge in [0.2, 0.25) is 0 Å². The van der Waals surface area contributed by atoms with Crippen LogP contribution in [0.2, 0.25) is 0 Å². The van der Waals surface area contributed by atoms with E-state index in [4.69, 9.17) is 4.74 Å². The fourth-order valence-electron chi connectivity index (χ4n) is 1.50. The maximum Gasteiger partial charge on any atom is 0.107 e. The van der Waals surface area contributed by atoms with E-state index < -0.39 is 0 Å². The molecule has 2 aliphatic rings. The maximum atomic E-state index is 5.22.